The Balaban J connectivity index is 1.32. The van der Waals surface area contributed by atoms with E-state index in [-0.39, 0.29) is 46.0 Å². The highest BCUT2D eigenvalue weighted by atomic mass is 32.2. The summed E-state index contributed by atoms with van der Waals surface area (Å²) in [6.07, 6.45) is -6.79. The zero-order valence-electron chi connectivity index (χ0n) is 27.0. The number of nitrogens with zero attached hydrogens (tertiary/aromatic N) is 1. The molecule has 1 saturated carbocycles. The summed E-state index contributed by atoms with van der Waals surface area (Å²) in [4.78, 5) is 2.49. The predicted octanol–water partition coefficient (Wildman–Crippen LogP) is 7.11. The van der Waals surface area contributed by atoms with Crippen molar-refractivity contribution >= 4 is 55.1 Å². The molecule has 0 unspecified atom stereocenters. The molecule has 1 aliphatic carbocycles. The van der Waals surface area contributed by atoms with E-state index in [9.17, 15) is 39.3 Å². The predicted molar refractivity (Wildman–Crippen MR) is 184 cm³/mol. The monoisotopic (exact) mass is 749 g/mol. The number of sulfone groups is 1. The summed E-state index contributed by atoms with van der Waals surface area (Å²) >= 11 is 1.16. The maximum absolute atomic E-state index is 13.7. The van der Waals surface area contributed by atoms with Crippen LogP contribution in [0.5, 0.6) is 5.75 Å². The fourth-order valence-corrected chi connectivity index (χ4v) is 9.45. The molecule has 2 aromatic carbocycles. The molecule has 268 valence electrons. The van der Waals surface area contributed by atoms with Gasteiger partial charge in [-0.1, -0.05) is 24.0 Å². The van der Waals surface area contributed by atoms with Crippen molar-refractivity contribution in [2.24, 2.45) is 0 Å². The average molecular weight is 750 g/mol. The SMILES string of the molecule is CP(C)(=O)c1ccc(NCC#Cc2sc3c(NC4CCC(N5CCS(=O)(=O)CC5)CC4)cccc3c2CC(F)(F)F)c(OCC(F)(F)F)c1. The molecule has 0 amide bonds. The number of anilines is 2. The van der Waals surface area contributed by atoms with Crippen molar-refractivity contribution in [1.82, 2.24) is 4.90 Å². The third-order valence-electron chi connectivity index (χ3n) is 8.69. The highest BCUT2D eigenvalue weighted by molar-refractivity contribution is 7.91. The van der Waals surface area contributed by atoms with E-state index in [0.717, 1.165) is 42.7 Å². The molecule has 0 bridgehead atoms. The van der Waals surface area contributed by atoms with Gasteiger partial charge >= 0.3 is 12.4 Å². The number of rotatable bonds is 9. The van der Waals surface area contributed by atoms with Gasteiger partial charge in [0.15, 0.2) is 16.4 Å². The van der Waals surface area contributed by atoms with E-state index in [2.05, 4.69) is 27.4 Å². The molecule has 2 fully saturated rings. The van der Waals surface area contributed by atoms with Gasteiger partial charge < -0.3 is 19.9 Å². The summed E-state index contributed by atoms with van der Waals surface area (Å²) in [5, 5.41) is 7.20. The van der Waals surface area contributed by atoms with Crippen molar-refractivity contribution in [3.63, 3.8) is 0 Å². The third-order valence-corrected chi connectivity index (χ3v) is 13.0. The fraction of sp³-hybridized carbons (Fsp3) is 0.515. The number of halogens is 6. The quantitative estimate of drug-likeness (QED) is 0.137. The van der Waals surface area contributed by atoms with E-state index in [0.29, 0.717) is 34.5 Å². The van der Waals surface area contributed by atoms with Crippen LogP contribution in [-0.4, -0.2) is 88.8 Å². The van der Waals surface area contributed by atoms with Crippen LogP contribution in [0, 0.1) is 11.8 Å². The summed E-state index contributed by atoms with van der Waals surface area (Å²) in [5.74, 6) is 5.86. The van der Waals surface area contributed by atoms with E-state index in [4.69, 9.17) is 4.74 Å². The van der Waals surface area contributed by atoms with Crippen molar-refractivity contribution in [1.29, 1.82) is 0 Å². The zero-order valence-corrected chi connectivity index (χ0v) is 29.5. The molecule has 0 atom stereocenters. The first kappa shape index (κ1) is 37.3. The van der Waals surface area contributed by atoms with Gasteiger partial charge in [0.2, 0.25) is 0 Å². The third kappa shape index (κ3) is 10.3. The molecule has 1 saturated heterocycles. The molecule has 0 spiro atoms. The molecule has 16 heteroatoms. The number of ether oxygens (including phenoxy) is 1. The van der Waals surface area contributed by atoms with Crippen LogP contribution in [0.1, 0.15) is 36.1 Å². The maximum Gasteiger partial charge on any atom is 0.422 e. The van der Waals surface area contributed by atoms with Gasteiger partial charge in [-0.25, -0.2) is 8.42 Å². The Labute approximate surface area is 286 Å². The van der Waals surface area contributed by atoms with Crippen molar-refractivity contribution in [2.45, 2.75) is 56.5 Å². The lowest BCUT2D eigenvalue weighted by molar-refractivity contribution is -0.153. The topological polar surface area (TPSA) is 87.7 Å². The van der Waals surface area contributed by atoms with Crippen LogP contribution in [0.4, 0.5) is 37.7 Å². The van der Waals surface area contributed by atoms with Gasteiger partial charge in [0.1, 0.15) is 12.9 Å². The molecule has 0 radical (unpaired) electrons. The van der Waals surface area contributed by atoms with Crippen molar-refractivity contribution in [3.8, 4) is 17.6 Å². The first-order valence-electron chi connectivity index (χ1n) is 15.8. The maximum atomic E-state index is 13.7. The summed E-state index contributed by atoms with van der Waals surface area (Å²) < 4.78 is 122. The molecular weight excluding hydrogens is 711 g/mol. The van der Waals surface area contributed by atoms with Gasteiger partial charge in [-0.3, -0.25) is 4.90 Å². The Hall–Kier alpha value is -2.92. The van der Waals surface area contributed by atoms with Gasteiger partial charge in [-0.15, -0.1) is 11.3 Å². The summed E-state index contributed by atoms with van der Waals surface area (Å²) in [6.45, 7) is 2.39. The molecule has 5 rings (SSSR count). The molecule has 2 heterocycles. The Morgan fingerprint density at radius 1 is 0.980 bits per heavy atom. The lowest BCUT2D eigenvalue weighted by Crippen LogP contribution is -2.48. The smallest absolute Gasteiger partial charge is 0.422 e. The van der Waals surface area contributed by atoms with Gasteiger partial charge in [-0.05, 0) is 74.2 Å². The van der Waals surface area contributed by atoms with Crippen LogP contribution in [0.2, 0.25) is 0 Å². The second kappa shape index (κ2) is 14.7. The van der Waals surface area contributed by atoms with Gasteiger partial charge in [0, 0.05) is 30.5 Å². The molecular formula is C33H38F6N3O4PS2. The number of thiophene rings is 1. The van der Waals surface area contributed by atoms with E-state index in [1.54, 1.807) is 12.1 Å². The Kier molecular flexibility index (Phi) is 11.2. The molecule has 7 nitrogen and oxygen atoms in total. The average Bonchev–Trinajstić information content (AvgIpc) is 3.34. The van der Waals surface area contributed by atoms with E-state index in [1.807, 2.05) is 6.07 Å². The van der Waals surface area contributed by atoms with Crippen LogP contribution in [0.3, 0.4) is 0 Å². The minimum Gasteiger partial charge on any atom is -0.482 e. The number of fused-ring (bicyclic) bond motifs is 1. The standard InChI is InChI=1S/C33H38F6N3O4PS2/c1-47(2,43)24-12-13-27(29(19-24)46-21-33(37,38)39)40-14-4-7-30-26(20-32(34,35)36)25-5-3-6-28(31(25)48-30)41-22-8-10-23(11-9-22)42-15-17-49(44,45)18-16-42/h3,5-6,12-13,19,22-23,40-41H,8-11,14-18,20-21H2,1-2H3. The molecule has 49 heavy (non-hydrogen) atoms. The van der Waals surface area contributed by atoms with Crippen molar-refractivity contribution < 1.29 is 44.1 Å². The highest BCUT2D eigenvalue weighted by Gasteiger charge is 2.33. The van der Waals surface area contributed by atoms with Crippen LogP contribution < -0.4 is 20.7 Å². The largest absolute Gasteiger partial charge is 0.482 e. The van der Waals surface area contributed by atoms with Gasteiger partial charge in [0.25, 0.3) is 0 Å². The van der Waals surface area contributed by atoms with Crippen LogP contribution >= 0.6 is 18.5 Å². The first-order chi connectivity index (χ1) is 22.9. The number of alkyl halides is 6. The van der Waals surface area contributed by atoms with E-state index < -0.39 is 42.4 Å². The highest BCUT2D eigenvalue weighted by Crippen LogP contribution is 2.40. The second-order valence-electron chi connectivity index (χ2n) is 12.8. The first-order valence-corrected chi connectivity index (χ1v) is 21.0. The molecule has 1 aromatic heterocycles. The number of hydrogen-bond acceptors (Lipinski definition) is 8. The van der Waals surface area contributed by atoms with Crippen LogP contribution in [0.15, 0.2) is 36.4 Å². The lowest BCUT2D eigenvalue weighted by Gasteiger charge is -2.39. The molecule has 2 aliphatic rings. The second-order valence-corrected chi connectivity index (χ2v) is 19.4. The van der Waals surface area contributed by atoms with E-state index >= 15 is 0 Å². The minimum atomic E-state index is -4.60. The summed E-state index contributed by atoms with van der Waals surface area (Å²) in [5.41, 5.74) is 0.960. The van der Waals surface area contributed by atoms with Gasteiger partial charge in [0.05, 0.1) is 45.4 Å². The van der Waals surface area contributed by atoms with Crippen molar-refractivity contribution in [2.75, 3.05) is 61.7 Å². The molecule has 2 N–H and O–H groups in total. The normalized spacial score (nSPS) is 20.4. The Morgan fingerprint density at radius 3 is 2.31 bits per heavy atom. The molecule has 3 aromatic rings. The zero-order chi connectivity index (χ0) is 35.6. The van der Waals surface area contributed by atoms with E-state index in [1.165, 1.54) is 31.5 Å². The number of benzene rings is 2. The Bertz CT molecular complexity index is 1860. The van der Waals surface area contributed by atoms with Gasteiger partial charge in [-0.2, -0.15) is 26.3 Å². The number of hydrogen-bond donors (Lipinski definition) is 2. The van der Waals surface area contributed by atoms with Crippen LogP contribution in [-0.2, 0) is 20.8 Å². The summed E-state index contributed by atoms with van der Waals surface area (Å²) in [7, 11) is -5.76. The van der Waals surface area contributed by atoms with Crippen LogP contribution in [0.25, 0.3) is 10.1 Å². The number of nitrogens with one attached hydrogen (secondary N) is 2. The fourth-order valence-electron chi connectivity index (χ4n) is 6.19. The lowest BCUT2D eigenvalue weighted by atomic mass is 9.90. The van der Waals surface area contributed by atoms with Crippen molar-refractivity contribution in [3.05, 3.63) is 46.8 Å². The molecule has 1 aliphatic heterocycles. The minimum absolute atomic E-state index is 0.0626. The Morgan fingerprint density at radius 2 is 1.67 bits per heavy atom. The summed E-state index contributed by atoms with van der Waals surface area (Å²) in [6, 6.07) is 9.88.